The molecule has 0 aliphatic carbocycles. The van der Waals surface area contributed by atoms with Gasteiger partial charge in [0.1, 0.15) is 5.78 Å². The highest BCUT2D eigenvalue weighted by atomic mass is 16.1. The van der Waals surface area contributed by atoms with Crippen LogP contribution in [0.3, 0.4) is 0 Å². The first kappa shape index (κ1) is 10.7. The van der Waals surface area contributed by atoms with Crippen molar-refractivity contribution in [2.75, 3.05) is 13.1 Å². The molecule has 0 aromatic heterocycles. The standard InChI is InChI=1S/C11H21NO/c1-4-5-7-12-8-6-10(13)9-11(12,2)3/h4-9H2,1-3H3. The fraction of sp³-hybridized carbons (Fsp3) is 0.909. The predicted molar refractivity (Wildman–Crippen MR) is 54.8 cm³/mol. The molecule has 13 heavy (non-hydrogen) atoms. The van der Waals surface area contributed by atoms with Crippen LogP contribution in [0.5, 0.6) is 0 Å². The molecule has 0 atom stereocenters. The van der Waals surface area contributed by atoms with Crippen LogP contribution in [0.2, 0.25) is 0 Å². The second-order valence-corrected chi connectivity index (χ2v) is 4.62. The van der Waals surface area contributed by atoms with Gasteiger partial charge in [-0.1, -0.05) is 13.3 Å². The number of carbonyl (C=O) groups excluding carboxylic acids is 1. The van der Waals surface area contributed by atoms with Gasteiger partial charge in [0.05, 0.1) is 0 Å². The lowest BCUT2D eigenvalue weighted by molar-refractivity contribution is -0.125. The maximum Gasteiger partial charge on any atom is 0.136 e. The Morgan fingerprint density at radius 1 is 1.46 bits per heavy atom. The molecule has 0 spiro atoms. The second-order valence-electron chi connectivity index (χ2n) is 4.62. The van der Waals surface area contributed by atoms with Gasteiger partial charge in [-0.3, -0.25) is 9.69 Å². The highest BCUT2D eigenvalue weighted by Crippen LogP contribution is 2.25. The van der Waals surface area contributed by atoms with Crippen molar-refractivity contribution < 1.29 is 4.79 Å². The third kappa shape index (κ3) is 2.80. The minimum absolute atomic E-state index is 0.102. The quantitative estimate of drug-likeness (QED) is 0.668. The first-order valence-electron chi connectivity index (χ1n) is 5.33. The summed E-state index contributed by atoms with van der Waals surface area (Å²) in [7, 11) is 0. The maximum atomic E-state index is 11.3. The van der Waals surface area contributed by atoms with Gasteiger partial charge in [0.2, 0.25) is 0 Å². The van der Waals surface area contributed by atoms with Crippen molar-refractivity contribution in [1.82, 2.24) is 4.90 Å². The van der Waals surface area contributed by atoms with Crippen molar-refractivity contribution in [3.05, 3.63) is 0 Å². The van der Waals surface area contributed by atoms with Gasteiger partial charge in [-0.05, 0) is 26.8 Å². The maximum absolute atomic E-state index is 11.3. The molecule has 0 amide bonds. The molecule has 1 fully saturated rings. The molecule has 76 valence electrons. The van der Waals surface area contributed by atoms with Crippen LogP contribution in [0.25, 0.3) is 0 Å². The molecular weight excluding hydrogens is 162 g/mol. The zero-order valence-corrected chi connectivity index (χ0v) is 9.10. The van der Waals surface area contributed by atoms with Crippen molar-refractivity contribution in [1.29, 1.82) is 0 Å². The van der Waals surface area contributed by atoms with Gasteiger partial charge < -0.3 is 0 Å². The number of Topliss-reactive ketones (excluding diaryl/α,β-unsaturated/α-hetero) is 1. The van der Waals surface area contributed by atoms with Gasteiger partial charge in [-0.25, -0.2) is 0 Å². The molecule has 0 saturated carbocycles. The summed E-state index contributed by atoms with van der Waals surface area (Å²) in [6, 6.07) is 0. The van der Waals surface area contributed by atoms with E-state index in [1.165, 1.54) is 12.8 Å². The number of ketones is 1. The number of nitrogens with zero attached hydrogens (tertiary/aromatic N) is 1. The molecule has 1 saturated heterocycles. The molecule has 1 aliphatic heterocycles. The van der Waals surface area contributed by atoms with Gasteiger partial charge in [-0.2, -0.15) is 0 Å². The highest BCUT2D eigenvalue weighted by Gasteiger charge is 2.32. The van der Waals surface area contributed by atoms with Crippen molar-refractivity contribution in [3.8, 4) is 0 Å². The summed E-state index contributed by atoms with van der Waals surface area (Å²) in [6.07, 6.45) is 3.97. The summed E-state index contributed by atoms with van der Waals surface area (Å²) in [4.78, 5) is 13.7. The Labute approximate surface area is 81.3 Å². The van der Waals surface area contributed by atoms with Crippen LogP contribution in [-0.4, -0.2) is 29.3 Å². The molecule has 0 bridgehead atoms. The van der Waals surface area contributed by atoms with E-state index < -0.39 is 0 Å². The van der Waals surface area contributed by atoms with Crippen LogP contribution in [-0.2, 0) is 4.79 Å². The molecule has 1 aliphatic rings. The van der Waals surface area contributed by atoms with E-state index in [1.54, 1.807) is 0 Å². The van der Waals surface area contributed by atoms with E-state index in [9.17, 15) is 4.79 Å². The van der Waals surface area contributed by atoms with Crippen LogP contribution >= 0.6 is 0 Å². The third-order valence-electron chi connectivity index (χ3n) is 2.93. The Hall–Kier alpha value is -0.370. The Balaban J connectivity index is 2.49. The molecule has 1 rings (SSSR count). The number of hydrogen-bond donors (Lipinski definition) is 0. The van der Waals surface area contributed by atoms with Crippen molar-refractivity contribution in [3.63, 3.8) is 0 Å². The van der Waals surface area contributed by atoms with Crippen molar-refractivity contribution in [2.45, 2.75) is 52.0 Å². The Morgan fingerprint density at radius 2 is 2.15 bits per heavy atom. The summed E-state index contributed by atoms with van der Waals surface area (Å²) in [5.41, 5.74) is 0.102. The lowest BCUT2D eigenvalue weighted by Crippen LogP contribution is -2.50. The summed E-state index contributed by atoms with van der Waals surface area (Å²) < 4.78 is 0. The first-order chi connectivity index (χ1) is 6.06. The SMILES string of the molecule is CCCCN1CCC(=O)CC1(C)C. The van der Waals surface area contributed by atoms with Gasteiger partial charge in [0.25, 0.3) is 0 Å². The number of hydrogen-bond acceptors (Lipinski definition) is 2. The van der Waals surface area contributed by atoms with Crippen molar-refractivity contribution >= 4 is 5.78 Å². The predicted octanol–water partition coefficient (Wildman–Crippen LogP) is 2.23. The Kier molecular flexibility index (Phi) is 3.48. The average molecular weight is 183 g/mol. The molecule has 0 radical (unpaired) electrons. The van der Waals surface area contributed by atoms with Crippen LogP contribution in [0.15, 0.2) is 0 Å². The molecule has 1 heterocycles. The molecule has 0 aromatic rings. The first-order valence-corrected chi connectivity index (χ1v) is 5.33. The fourth-order valence-electron chi connectivity index (χ4n) is 2.01. The number of piperidine rings is 1. The minimum Gasteiger partial charge on any atom is -0.300 e. The number of likely N-dealkylation sites (tertiary alicyclic amines) is 1. The smallest absolute Gasteiger partial charge is 0.136 e. The zero-order chi connectivity index (χ0) is 9.90. The average Bonchev–Trinajstić information content (AvgIpc) is 2.01. The summed E-state index contributed by atoms with van der Waals surface area (Å²) in [6.45, 7) is 8.68. The molecular formula is C11H21NO. The van der Waals surface area contributed by atoms with Gasteiger partial charge >= 0.3 is 0 Å². The molecule has 2 nitrogen and oxygen atoms in total. The molecule has 2 heteroatoms. The zero-order valence-electron chi connectivity index (χ0n) is 9.10. The largest absolute Gasteiger partial charge is 0.300 e. The Bertz CT molecular complexity index is 187. The normalized spacial score (nSPS) is 23.5. The molecule has 0 N–H and O–H groups in total. The van der Waals surface area contributed by atoms with Crippen LogP contribution in [0.1, 0.15) is 46.5 Å². The van der Waals surface area contributed by atoms with Crippen molar-refractivity contribution in [2.24, 2.45) is 0 Å². The second kappa shape index (κ2) is 4.23. The van der Waals surface area contributed by atoms with E-state index in [-0.39, 0.29) is 5.54 Å². The van der Waals surface area contributed by atoms with Crippen LogP contribution in [0, 0.1) is 0 Å². The molecule has 0 aromatic carbocycles. The fourth-order valence-corrected chi connectivity index (χ4v) is 2.01. The summed E-state index contributed by atoms with van der Waals surface area (Å²) >= 11 is 0. The lowest BCUT2D eigenvalue weighted by Gasteiger charge is -2.41. The number of carbonyl (C=O) groups is 1. The Morgan fingerprint density at radius 3 is 2.69 bits per heavy atom. The lowest BCUT2D eigenvalue weighted by atomic mass is 9.89. The van der Waals surface area contributed by atoms with E-state index in [0.717, 1.165) is 25.9 Å². The van der Waals surface area contributed by atoms with Crippen LogP contribution < -0.4 is 0 Å². The molecule has 0 unspecified atom stereocenters. The third-order valence-corrected chi connectivity index (χ3v) is 2.93. The monoisotopic (exact) mass is 183 g/mol. The van der Waals surface area contributed by atoms with Gasteiger partial charge in [-0.15, -0.1) is 0 Å². The summed E-state index contributed by atoms with van der Waals surface area (Å²) in [5.74, 6) is 0.428. The number of unbranched alkanes of at least 4 members (excludes halogenated alkanes) is 1. The summed E-state index contributed by atoms with van der Waals surface area (Å²) in [5, 5.41) is 0. The van der Waals surface area contributed by atoms with Gasteiger partial charge in [0.15, 0.2) is 0 Å². The van der Waals surface area contributed by atoms with Crippen LogP contribution in [0.4, 0.5) is 0 Å². The van der Waals surface area contributed by atoms with Gasteiger partial charge in [0, 0.05) is 24.9 Å². The van der Waals surface area contributed by atoms with E-state index in [1.807, 2.05) is 0 Å². The number of rotatable bonds is 3. The minimum atomic E-state index is 0.102. The van der Waals surface area contributed by atoms with E-state index >= 15 is 0 Å². The highest BCUT2D eigenvalue weighted by molar-refractivity contribution is 5.80. The van der Waals surface area contributed by atoms with E-state index in [4.69, 9.17) is 0 Å². The van der Waals surface area contributed by atoms with E-state index in [0.29, 0.717) is 5.78 Å². The topological polar surface area (TPSA) is 20.3 Å². The van der Waals surface area contributed by atoms with E-state index in [2.05, 4.69) is 25.7 Å².